The number of rotatable bonds is 3. The fourth-order valence-electron chi connectivity index (χ4n) is 2.94. The number of aromatic nitrogens is 1. The third kappa shape index (κ3) is 3.56. The van der Waals surface area contributed by atoms with Crippen molar-refractivity contribution in [1.29, 1.82) is 0 Å². The van der Waals surface area contributed by atoms with E-state index in [1.54, 1.807) is 0 Å². The van der Waals surface area contributed by atoms with E-state index >= 15 is 0 Å². The quantitative estimate of drug-likeness (QED) is 0.858. The summed E-state index contributed by atoms with van der Waals surface area (Å²) in [6, 6.07) is 7.64. The van der Waals surface area contributed by atoms with Crippen molar-refractivity contribution in [3.63, 3.8) is 0 Å². The highest BCUT2D eigenvalue weighted by Gasteiger charge is 2.33. The number of halogens is 3. The van der Waals surface area contributed by atoms with Crippen LogP contribution in [0.3, 0.4) is 0 Å². The van der Waals surface area contributed by atoms with E-state index in [-0.39, 0.29) is 5.92 Å². The van der Waals surface area contributed by atoms with E-state index in [1.165, 1.54) is 0 Å². The maximum atomic E-state index is 12.4. The highest BCUT2D eigenvalue weighted by Crippen LogP contribution is 2.31. The Labute approximate surface area is 120 Å². The van der Waals surface area contributed by atoms with Gasteiger partial charge in [0.2, 0.25) is 0 Å². The first-order valence-electron chi connectivity index (χ1n) is 7.14. The van der Waals surface area contributed by atoms with Crippen LogP contribution in [0.1, 0.15) is 25.0 Å². The van der Waals surface area contributed by atoms with Crippen LogP contribution in [-0.4, -0.2) is 29.3 Å². The van der Waals surface area contributed by atoms with Gasteiger partial charge in [0, 0.05) is 18.4 Å². The fourth-order valence-corrected chi connectivity index (χ4v) is 2.94. The second-order valence-electron chi connectivity index (χ2n) is 5.66. The molecule has 0 N–H and O–H groups in total. The van der Waals surface area contributed by atoms with Crippen LogP contribution in [0.5, 0.6) is 0 Å². The number of benzene rings is 1. The average Bonchev–Trinajstić information content (AvgIpc) is 2.83. The van der Waals surface area contributed by atoms with Gasteiger partial charge in [-0.15, -0.1) is 0 Å². The standard InChI is InChI=1S/C15H17F3N2O/c16-15(17,18)9-11-5-7-20(8-6-11)10-13-12-3-1-2-4-14(12)21-19-13/h1-4,11H,5-10H2. The van der Waals surface area contributed by atoms with Crippen molar-refractivity contribution in [3.05, 3.63) is 30.0 Å². The molecule has 1 fully saturated rings. The summed E-state index contributed by atoms with van der Waals surface area (Å²) in [6.07, 6.45) is -3.52. The molecule has 0 aliphatic carbocycles. The molecule has 1 aromatic carbocycles. The van der Waals surface area contributed by atoms with Gasteiger partial charge < -0.3 is 4.52 Å². The minimum Gasteiger partial charge on any atom is -0.356 e. The third-order valence-electron chi connectivity index (χ3n) is 4.05. The number of fused-ring (bicyclic) bond motifs is 1. The third-order valence-corrected chi connectivity index (χ3v) is 4.05. The smallest absolute Gasteiger partial charge is 0.356 e. The summed E-state index contributed by atoms with van der Waals surface area (Å²) < 4.78 is 42.4. The first-order chi connectivity index (χ1) is 10.0. The SMILES string of the molecule is FC(F)(F)CC1CCN(Cc2noc3ccccc23)CC1. The van der Waals surface area contributed by atoms with Gasteiger partial charge in [-0.2, -0.15) is 13.2 Å². The lowest BCUT2D eigenvalue weighted by atomic mass is 9.93. The zero-order valence-corrected chi connectivity index (χ0v) is 11.6. The molecule has 2 heterocycles. The van der Waals surface area contributed by atoms with Crippen molar-refractivity contribution in [2.45, 2.75) is 32.0 Å². The topological polar surface area (TPSA) is 29.3 Å². The van der Waals surface area contributed by atoms with E-state index in [1.807, 2.05) is 24.3 Å². The van der Waals surface area contributed by atoms with E-state index in [4.69, 9.17) is 4.52 Å². The molecule has 0 radical (unpaired) electrons. The zero-order chi connectivity index (χ0) is 14.9. The van der Waals surface area contributed by atoms with E-state index in [2.05, 4.69) is 10.1 Å². The number of piperidine rings is 1. The van der Waals surface area contributed by atoms with E-state index in [0.29, 0.717) is 32.5 Å². The van der Waals surface area contributed by atoms with Gasteiger partial charge in [-0.3, -0.25) is 4.90 Å². The molecule has 21 heavy (non-hydrogen) atoms. The molecule has 0 saturated carbocycles. The number of alkyl halides is 3. The van der Waals surface area contributed by atoms with Gasteiger partial charge in [0.05, 0.1) is 0 Å². The van der Waals surface area contributed by atoms with Crippen molar-refractivity contribution in [2.75, 3.05) is 13.1 Å². The lowest BCUT2D eigenvalue weighted by Crippen LogP contribution is -2.34. The molecule has 114 valence electrons. The van der Waals surface area contributed by atoms with Gasteiger partial charge in [0.25, 0.3) is 0 Å². The zero-order valence-electron chi connectivity index (χ0n) is 11.6. The fraction of sp³-hybridized carbons (Fsp3) is 0.533. The monoisotopic (exact) mass is 298 g/mol. The maximum absolute atomic E-state index is 12.4. The summed E-state index contributed by atoms with van der Waals surface area (Å²) in [5.74, 6) is -0.240. The normalized spacial score (nSPS) is 18.4. The Bertz CT molecular complexity index is 600. The molecular formula is C15H17F3N2O. The Morgan fingerprint density at radius 3 is 2.62 bits per heavy atom. The second-order valence-corrected chi connectivity index (χ2v) is 5.66. The van der Waals surface area contributed by atoms with Crippen LogP contribution < -0.4 is 0 Å². The Morgan fingerprint density at radius 1 is 1.19 bits per heavy atom. The number of hydrogen-bond donors (Lipinski definition) is 0. The molecule has 0 bridgehead atoms. The summed E-state index contributed by atoms with van der Waals surface area (Å²) in [6.45, 7) is 2.00. The summed E-state index contributed by atoms with van der Waals surface area (Å²) >= 11 is 0. The molecule has 1 aromatic heterocycles. The Balaban J connectivity index is 1.58. The Morgan fingerprint density at radius 2 is 1.90 bits per heavy atom. The predicted molar refractivity (Wildman–Crippen MR) is 72.7 cm³/mol. The van der Waals surface area contributed by atoms with Crippen LogP contribution in [0.2, 0.25) is 0 Å². The highest BCUT2D eigenvalue weighted by atomic mass is 19.4. The van der Waals surface area contributed by atoms with Crippen LogP contribution in [0.4, 0.5) is 13.2 Å². The molecule has 0 atom stereocenters. The van der Waals surface area contributed by atoms with Gasteiger partial charge in [-0.05, 0) is 44.0 Å². The molecule has 3 rings (SSSR count). The van der Waals surface area contributed by atoms with E-state index in [0.717, 1.165) is 16.7 Å². The molecule has 2 aromatic rings. The number of hydrogen-bond acceptors (Lipinski definition) is 3. The van der Waals surface area contributed by atoms with Crippen LogP contribution >= 0.6 is 0 Å². The lowest BCUT2D eigenvalue weighted by molar-refractivity contribution is -0.147. The van der Waals surface area contributed by atoms with Crippen molar-refractivity contribution < 1.29 is 17.7 Å². The van der Waals surface area contributed by atoms with Crippen LogP contribution in [0.15, 0.2) is 28.8 Å². The predicted octanol–water partition coefficient (Wildman–Crippen LogP) is 3.99. The lowest BCUT2D eigenvalue weighted by Gasteiger charge is -2.31. The highest BCUT2D eigenvalue weighted by molar-refractivity contribution is 5.79. The molecule has 1 saturated heterocycles. The average molecular weight is 298 g/mol. The first kappa shape index (κ1) is 14.4. The van der Waals surface area contributed by atoms with E-state index < -0.39 is 12.6 Å². The van der Waals surface area contributed by atoms with Gasteiger partial charge in [0.15, 0.2) is 5.58 Å². The number of likely N-dealkylation sites (tertiary alicyclic amines) is 1. The van der Waals surface area contributed by atoms with Crippen molar-refractivity contribution in [3.8, 4) is 0 Å². The van der Waals surface area contributed by atoms with Crippen molar-refractivity contribution in [2.24, 2.45) is 5.92 Å². The molecule has 3 nitrogen and oxygen atoms in total. The molecular weight excluding hydrogens is 281 g/mol. The van der Waals surface area contributed by atoms with Crippen LogP contribution in [-0.2, 0) is 6.54 Å². The summed E-state index contributed by atoms with van der Waals surface area (Å²) in [7, 11) is 0. The van der Waals surface area contributed by atoms with Gasteiger partial charge in [-0.25, -0.2) is 0 Å². The molecule has 1 aliphatic rings. The molecule has 0 unspecified atom stereocenters. The summed E-state index contributed by atoms with van der Waals surface area (Å²) in [5.41, 5.74) is 1.61. The first-order valence-corrected chi connectivity index (χ1v) is 7.14. The van der Waals surface area contributed by atoms with Crippen LogP contribution in [0, 0.1) is 5.92 Å². The minimum atomic E-state index is -4.05. The Hall–Kier alpha value is -1.56. The largest absolute Gasteiger partial charge is 0.389 e. The van der Waals surface area contributed by atoms with E-state index in [9.17, 15) is 13.2 Å². The molecule has 1 aliphatic heterocycles. The van der Waals surface area contributed by atoms with Gasteiger partial charge >= 0.3 is 6.18 Å². The second kappa shape index (κ2) is 5.67. The summed E-state index contributed by atoms with van der Waals surface area (Å²) in [4.78, 5) is 2.15. The number of nitrogens with zero attached hydrogens (tertiary/aromatic N) is 2. The van der Waals surface area contributed by atoms with Gasteiger partial charge in [-0.1, -0.05) is 17.3 Å². The molecule has 0 amide bonds. The molecule has 6 heteroatoms. The molecule has 0 spiro atoms. The maximum Gasteiger partial charge on any atom is 0.389 e. The van der Waals surface area contributed by atoms with Crippen molar-refractivity contribution in [1.82, 2.24) is 10.1 Å². The number of para-hydroxylation sites is 1. The summed E-state index contributed by atoms with van der Waals surface area (Å²) in [5, 5.41) is 5.05. The Kier molecular flexibility index (Phi) is 3.89. The minimum absolute atomic E-state index is 0.240. The van der Waals surface area contributed by atoms with Crippen LogP contribution in [0.25, 0.3) is 11.0 Å². The van der Waals surface area contributed by atoms with Gasteiger partial charge in [0.1, 0.15) is 5.69 Å². The van der Waals surface area contributed by atoms with Crippen molar-refractivity contribution >= 4 is 11.0 Å².